The van der Waals surface area contributed by atoms with Crippen LogP contribution in [0.25, 0.3) is 16.6 Å². The smallest absolute Gasteiger partial charge is 0.410 e. The molecule has 0 unspecified atom stereocenters. The van der Waals surface area contributed by atoms with E-state index in [1.54, 1.807) is 4.90 Å². The summed E-state index contributed by atoms with van der Waals surface area (Å²) in [5, 5.41) is 11.8. The number of amides is 1. The normalized spacial score (nSPS) is 15.0. The zero-order valence-electron chi connectivity index (χ0n) is 21.0. The van der Waals surface area contributed by atoms with E-state index in [2.05, 4.69) is 21.6 Å². The number of aromatic nitrogens is 6. The maximum atomic E-state index is 15.1. The van der Waals surface area contributed by atoms with Crippen molar-refractivity contribution in [2.24, 2.45) is 0 Å². The van der Waals surface area contributed by atoms with E-state index in [9.17, 15) is 4.79 Å². The van der Waals surface area contributed by atoms with Crippen molar-refractivity contribution in [1.82, 2.24) is 34.7 Å². The largest absolute Gasteiger partial charge is 0.444 e. The topological polar surface area (TPSA) is 91.0 Å². The first-order valence-electron chi connectivity index (χ1n) is 12.1. The number of halogens is 1. The maximum Gasteiger partial charge on any atom is 0.410 e. The van der Waals surface area contributed by atoms with Crippen LogP contribution in [0.1, 0.15) is 56.4 Å². The van der Waals surface area contributed by atoms with Crippen molar-refractivity contribution in [1.29, 1.82) is 0 Å². The van der Waals surface area contributed by atoms with Crippen LogP contribution in [0, 0.1) is 12.7 Å². The van der Waals surface area contributed by atoms with Crippen LogP contribution in [0.5, 0.6) is 0 Å². The van der Waals surface area contributed by atoms with E-state index in [1.165, 1.54) is 22.6 Å². The molecule has 1 amide bonds. The predicted octanol–water partition coefficient (Wildman–Crippen LogP) is 4.62. The number of fused-ring (bicyclic) bond motifs is 1. The third-order valence-electron chi connectivity index (χ3n) is 6.56. The summed E-state index contributed by atoms with van der Waals surface area (Å²) < 4.78 is 23.9. The lowest BCUT2D eigenvalue weighted by atomic mass is 9.89. The highest BCUT2D eigenvalue weighted by molar-refractivity contribution is 5.83. The van der Waals surface area contributed by atoms with Gasteiger partial charge in [-0.05, 0) is 80.1 Å². The van der Waals surface area contributed by atoms with Crippen LogP contribution < -0.4 is 0 Å². The van der Waals surface area contributed by atoms with Crippen LogP contribution in [0.4, 0.5) is 9.18 Å². The Labute approximate surface area is 208 Å². The highest BCUT2D eigenvalue weighted by atomic mass is 19.1. The number of hydrogen-bond donors (Lipinski definition) is 0. The minimum Gasteiger partial charge on any atom is -0.444 e. The van der Waals surface area contributed by atoms with Gasteiger partial charge in [-0.1, -0.05) is 6.07 Å². The number of piperidine rings is 1. The minimum absolute atomic E-state index is 0.248. The second-order valence-electron chi connectivity index (χ2n) is 10.3. The molecule has 1 aliphatic rings. The van der Waals surface area contributed by atoms with E-state index in [0.717, 1.165) is 29.5 Å². The number of likely N-dealkylation sites (tertiary alicyclic amines) is 1. The number of tetrazole rings is 1. The molecule has 10 heteroatoms. The van der Waals surface area contributed by atoms with Gasteiger partial charge in [0.2, 0.25) is 0 Å². The molecule has 36 heavy (non-hydrogen) atoms. The van der Waals surface area contributed by atoms with Gasteiger partial charge in [0.15, 0.2) is 0 Å². The van der Waals surface area contributed by atoms with Crippen molar-refractivity contribution in [2.75, 3.05) is 13.1 Å². The summed E-state index contributed by atoms with van der Waals surface area (Å²) >= 11 is 0. The van der Waals surface area contributed by atoms with Crippen molar-refractivity contribution in [3.8, 4) is 5.69 Å². The van der Waals surface area contributed by atoms with Crippen LogP contribution in [0.2, 0.25) is 0 Å². The van der Waals surface area contributed by atoms with Gasteiger partial charge in [-0.3, -0.25) is 4.98 Å². The van der Waals surface area contributed by atoms with Crippen LogP contribution >= 0.6 is 0 Å². The number of pyridine rings is 1. The number of hydrogen-bond acceptors (Lipinski definition) is 6. The maximum absolute atomic E-state index is 15.1. The number of aryl methyl sites for hydroxylation is 1. The molecule has 188 valence electrons. The fourth-order valence-corrected chi connectivity index (χ4v) is 4.72. The molecule has 0 aliphatic carbocycles. The summed E-state index contributed by atoms with van der Waals surface area (Å²) in [7, 11) is 0. The Bertz CT molecular complexity index is 1380. The molecule has 1 saturated heterocycles. The fourth-order valence-electron chi connectivity index (χ4n) is 4.72. The molecule has 1 aliphatic heterocycles. The summed E-state index contributed by atoms with van der Waals surface area (Å²) in [6, 6.07) is 7.35. The van der Waals surface area contributed by atoms with Gasteiger partial charge in [-0.25, -0.2) is 13.9 Å². The Morgan fingerprint density at radius 2 is 1.97 bits per heavy atom. The first kappa shape index (κ1) is 23.9. The lowest BCUT2D eigenvalue weighted by molar-refractivity contribution is 0.0205. The average molecular weight is 492 g/mol. The molecule has 1 aromatic carbocycles. The highest BCUT2D eigenvalue weighted by Gasteiger charge is 2.28. The summed E-state index contributed by atoms with van der Waals surface area (Å²) in [6.45, 7) is 9.49. The molecule has 3 aromatic heterocycles. The van der Waals surface area contributed by atoms with Gasteiger partial charge in [-0.15, -0.1) is 5.10 Å². The number of carbonyl (C=O) groups excluding carboxylic acids is 1. The quantitative estimate of drug-likeness (QED) is 0.414. The van der Waals surface area contributed by atoms with Crippen LogP contribution in [-0.2, 0) is 11.3 Å². The standard InChI is InChI=1S/C26H30FN7O2/c1-17-11-20(18-5-8-32(9-6-18)25(35)36-26(2,3)4)14-28-23(17)15-33-10-7-19-12-21(13-22(27)24(19)33)34-16-29-30-31-34/h7,10-14,16,18H,5-6,8-9,15H2,1-4H3. The number of ether oxygens (including phenoxy) is 1. The van der Waals surface area contributed by atoms with Gasteiger partial charge >= 0.3 is 6.09 Å². The number of carbonyl (C=O) groups is 1. The molecule has 0 bridgehead atoms. The van der Waals surface area contributed by atoms with E-state index in [-0.39, 0.29) is 11.9 Å². The Morgan fingerprint density at radius 3 is 2.64 bits per heavy atom. The van der Waals surface area contributed by atoms with E-state index in [0.29, 0.717) is 36.8 Å². The van der Waals surface area contributed by atoms with Crippen LogP contribution in [0.3, 0.4) is 0 Å². The van der Waals surface area contributed by atoms with Gasteiger partial charge in [0.25, 0.3) is 0 Å². The lowest BCUT2D eigenvalue weighted by Crippen LogP contribution is -2.41. The Morgan fingerprint density at radius 1 is 1.19 bits per heavy atom. The number of nitrogens with zero attached hydrogens (tertiary/aromatic N) is 7. The molecule has 0 spiro atoms. The molecule has 4 aromatic rings. The van der Waals surface area contributed by atoms with Gasteiger partial charge < -0.3 is 14.2 Å². The molecular formula is C26H30FN7O2. The number of benzene rings is 1. The van der Waals surface area contributed by atoms with Crippen LogP contribution in [0.15, 0.2) is 43.0 Å². The molecule has 0 saturated carbocycles. The molecule has 9 nitrogen and oxygen atoms in total. The van der Waals surface area contributed by atoms with Crippen molar-refractivity contribution in [2.45, 2.75) is 58.6 Å². The molecule has 1 fully saturated rings. The molecule has 0 N–H and O–H groups in total. The molecule has 4 heterocycles. The monoisotopic (exact) mass is 491 g/mol. The van der Waals surface area contributed by atoms with Gasteiger partial charge in [0.1, 0.15) is 17.7 Å². The molecule has 5 rings (SSSR count). The third kappa shape index (κ3) is 4.93. The number of rotatable bonds is 4. The Kier molecular flexibility index (Phi) is 6.19. The Hall–Kier alpha value is -3.82. The highest BCUT2D eigenvalue weighted by Crippen LogP contribution is 2.30. The first-order chi connectivity index (χ1) is 17.2. The zero-order chi connectivity index (χ0) is 25.4. The first-order valence-corrected chi connectivity index (χ1v) is 12.1. The second kappa shape index (κ2) is 9.33. The van der Waals surface area contributed by atoms with Gasteiger partial charge in [0, 0.05) is 36.9 Å². The van der Waals surface area contributed by atoms with E-state index >= 15 is 4.39 Å². The predicted molar refractivity (Wildman–Crippen MR) is 132 cm³/mol. The molecule has 0 atom stereocenters. The van der Waals surface area contributed by atoms with E-state index in [1.807, 2.05) is 56.8 Å². The minimum atomic E-state index is -0.490. The van der Waals surface area contributed by atoms with Crippen LogP contribution in [-0.4, -0.2) is 59.4 Å². The van der Waals surface area contributed by atoms with Crippen molar-refractivity contribution < 1.29 is 13.9 Å². The summed E-state index contributed by atoms with van der Waals surface area (Å²) in [6.07, 6.45) is 6.73. The molecular weight excluding hydrogens is 461 g/mol. The zero-order valence-corrected chi connectivity index (χ0v) is 21.0. The summed E-state index contributed by atoms with van der Waals surface area (Å²) in [5.41, 5.74) is 3.73. The molecule has 0 radical (unpaired) electrons. The summed E-state index contributed by atoms with van der Waals surface area (Å²) in [5.74, 6) is 0.00695. The lowest BCUT2D eigenvalue weighted by Gasteiger charge is -2.33. The third-order valence-corrected chi connectivity index (χ3v) is 6.56. The van der Waals surface area contributed by atoms with E-state index < -0.39 is 5.60 Å². The average Bonchev–Trinajstić information content (AvgIpc) is 3.50. The van der Waals surface area contributed by atoms with E-state index in [4.69, 9.17) is 9.72 Å². The fraction of sp³-hybridized carbons (Fsp3) is 0.423. The second-order valence-corrected chi connectivity index (χ2v) is 10.3. The Balaban J connectivity index is 1.28. The van der Waals surface area contributed by atoms with Gasteiger partial charge in [-0.2, -0.15) is 0 Å². The van der Waals surface area contributed by atoms with Crippen molar-refractivity contribution in [3.05, 3.63) is 65.6 Å². The van der Waals surface area contributed by atoms with Crippen molar-refractivity contribution >= 4 is 17.0 Å². The van der Waals surface area contributed by atoms with Crippen molar-refractivity contribution in [3.63, 3.8) is 0 Å². The summed E-state index contributed by atoms with van der Waals surface area (Å²) in [4.78, 5) is 18.9. The van der Waals surface area contributed by atoms with Gasteiger partial charge in [0.05, 0.1) is 23.4 Å². The SMILES string of the molecule is Cc1cc(C2CCN(C(=O)OC(C)(C)C)CC2)cnc1Cn1ccc2cc(-n3cnnn3)cc(F)c21.